The molecule has 0 unspecified atom stereocenters. The Labute approximate surface area is 318 Å². The van der Waals surface area contributed by atoms with Gasteiger partial charge in [-0.3, -0.25) is 39.1 Å². The maximum Gasteiger partial charge on any atom is 0.416 e. The Morgan fingerprint density at radius 1 is 0.839 bits per heavy atom. The third kappa shape index (κ3) is 9.71. The fourth-order valence-corrected chi connectivity index (χ4v) is 5.60. The Morgan fingerprint density at radius 3 is 2.04 bits per heavy atom. The molecule has 1 N–H and O–H groups in total. The van der Waals surface area contributed by atoms with Crippen LogP contribution in [0.15, 0.2) is 85.1 Å². The molecule has 1 heterocycles. The largest absolute Gasteiger partial charge is 0.465 e. The highest BCUT2D eigenvalue weighted by Crippen LogP contribution is 2.34. The summed E-state index contributed by atoms with van der Waals surface area (Å²) >= 11 is 0. The van der Waals surface area contributed by atoms with Crippen molar-refractivity contribution in [3.05, 3.63) is 123 Å². The van der Waals surface area contributed by atoms with Crippen LogP contribution in [-0.2, 0) is 46.6 Å². The number of rotatable bonds is 15. The van der Waals surface area contributed by atoms with Crippen LogP contribution in [0.25, 0.3) is 11.1 Å². The average molecular weight is 779 g/mol. The Kier molecular flexibility index (Phi) is 13.6. The van der Waals surface area contributed by atoms with Gasteiger partial charge < -0.3 is 24.4 Å². The van der Waals surface area contributed by atoms with E-state index in [4.69, 9.17) is 14.2 Å². The van der Waals surface area contributed by atoms with Gasteiger partial charge in [0, 0.05) is 32.1 Å². The molecule has 0 aliphatic heterocycles. The molecule has 4 aromatic rings. The molecule has 0 bridgehead atoms. The number of nitrogens with one attached hydrogen (secondary N) is 1. The molecule has 0 aliphatic carbocycles. The van der Waals surface area contributed by atoms with Gasteiger partial charge in [0.1, 0.15) is 6.20 Å². The maximum absolute atomic E-state index is 13.6. The predicted octanol–water partition coefficient (Wildman–Crippen LogP) is 6.17. The number of amides is 2. The minimum Gasteiger partial charge on any atom is -0.465 e. The average Bonchev–Trinajstić information content (AvgIpc) is 3.16. The van der Waals surface area contributed by atoms with Gasteiger partial charge in [0.05, 0.1) is 53.7 Å². The van der Waals surface area contributed by atoms with Gasteiger partial charge in [-0.2, -0.15) is 13.2 Å². The number of nitrogens with zero attached hydrogens (tertiary/aromatic N) is 3. The maximum atomic E-state index is 13.6. The van der Waals surface area contributed by atoms with Gasteiger partial charge in [0.25, 0.3) is 17.5 Å². The molecule has 14 nitrogen and oxygen atoms in total. The molecule has 294 valence electrons. The summed E-state index contributed by atoms with van der Waals surface area (Å²) in [6.07, 6.45) is -4.56. The van der Waals surface area contributed by atoms with E-state index < -0.39 is 70.5 Å². The number of carbonyl (C=O) groups excluding carboxylic acids is 5. The minimum atomic E-state index is -4.54. The van der Waals surface area contributed by atoms with Crippen LogP contribution in [0.3, 0.4) is 0 Å². The van der Waals surface area contributed by atoms with Crippen LogP contribution in [0.5, 0.6) is 0 Å². The highest BCUT2D eigenvalue weighted by molar-refractivity contribution is 6.12. The first kappa shape index (κ1) is 42.1. The van der Waals surface area contributed by atoms with Crippen molar-refractivity contribution in [1.29, 1.82) is 0 Å². The Morgan fingerprint density at radius 2 is 1.48 bits per heavy atom. The molecule has 0 radical (unpaired) electrons. The summed E-state index contributed by atoms with van der Waals surface area (Å²) < 4.78 is 55.2. The van der Waals surface area contributed by atoms with Crippen molar-refractivity contribution >= 4 is 41.1 Å². The molecule has 56 heavy (non-hydrogen) atoms. The first-order valence-electron chi connectivity index (χ1n) is 17.1. The Hall–Kier alpha value is -6.65. The molecule has 2 amide bonds. The second kappa shape index (κ2) is 18.1. The van der Waals surface area contributed by atoms with E-state index in [9.17, 15) is 47.3 Å². The fourth-order valence-electron chi connectivity index (χ4n) is 5.60. The van der Waals surface area contributed by atoms with E-state index in [2.05, 4.69) is 10.3 Å². The quantitative estimate of drug-likeness (QED) is 0.0479. The molecule has 17 heteroatoms. The summed E-state index contributed by atoms with van der Waals surface area (Å²) in [6, 6.07) is 17.0. The highest BCUT2D eigenvalue weighted by Gasteiger charge is 2.52. The van der Waals surface area contributed by atoms with Crippen LogP contribution in [0.4, 0.5) is 24.5 Å². The molecule has 0 spiro atoms. The monoisotopic (exact) mass is 778 g/mol. The number of esters is 3. The third-order valence-electron chi connectivity index (χ3n) is 8.40. The van der Waals surface area contributed by atoms with Crippen molar-refractivity contribution in [1.82, 2.24) is 9.88 Å². The van der Waals surface area contributed by atoms with Crippen LogP contribution >= 0.6 is 0 Å². The van der Waals surface area contributed by atoms with Gasteiger partial charge in [-0.1, -0.05) is 36.4 Å². The van der Waals surface area contributed by atoms with Crippen molar-refractivity contribution in [3.63, 3.8) is 0 Å². The summed E-state index contributed by atoms with van der Waals surface area (Å²) in [5.74, 6) is -4.15. The van der Waals surface area contributed by atoms with E-state index in [1.807, 2.05) is 0 Å². The molecule has 0 fully saturated rings. The second-order valence-electron chi connectivity index (χ2n) is 12.3. The number of ether oxygens (including phenoxy) is 3. The van der Waals surface area contributed by atoms with Crippen molar-refractivity contribution in [3.8, 4) is 11.1 Å². The Bertz CT molecular complexity index is 2090. The van der Waals surface area contributed by atoms with E-state index in [0.717, 1.165) is 30.5 Å². The number of carbonyl (C=O) groups is 5. The number of hydrogen-bond donors (Lipinski definition) is 1. The number of pyridine rings is 1. The standard InChI is InChI=1S/C39H37F3N4O10/c1-5-54-36(50)38(37(51)55-6-2,32-18-16-27(23-43-32)46(52)53)19-20-56-33(47)22-24-11-17-31(30(21-24)35(49)45(3)4)44-34(48)29-10-8-7-9-28(29)25-12-14-26(15-13-25)39(40,41)42/h7-18,21,23H,5-6,19-20,22H2,1-4H3,(H,44,48). The van der Waals surface area contributed by atoms with Crippen LogP contribution < -0.4 is 5.32 Å². The zero-order chi connectivity index (χ0) is 41.2. The molecular formula is C39H37F3N4O10. The molecule has 0 saturated carbocycles. The number of halogens is 3. The predicted molar refractivity (Wildman–Crippen MR) is 194 cm³/mol. The van der Waals surface area contributed by atoms with Crippen LogP contribution in [0.2, 0.25) is 0 Å². The van der Waals surface area contributed by atoms with Gasteiger partial charge in [0.2, 0.25) is 5.41 Å². The van der Waals surface area contributed by atoms with Gasteiger partial charge in [-0.05, 0) is 66.9 Å². The molecular weight excluding hydrogens is 741 g/mol. The van der Waals surface area contributed by atoms with Crippen LogP contribution in [0.1, 0.15) is 57.8 Å². The zero-order valence-electron chi connectivity index (χ0n) is 30.7. The van der Waals surface area contributed by atoms with E-state index >= 15 is 0 Å². The van der Waals surface area contributed by atoms with E-state index in [1.54, 1.807) is 18.2 Å². The Balaban J connectivity index is 1.56. The molecule has 0 atom stereocenters. The number of nitro groups is 1. The molecule has 0 aliphatic rings. The van der Waals surface area contributed by atoms with Gasteiger partial charge >= 0.3 is 24.1 Å². The summed E-state index contributed by atoms with van der Waals surface area (Å²) in [4.78, 5) is 82.3. The second-order valence-corrected chi connectivity index (χ2v) is 12.3. The lowest BCUT2D eigenvalue weighted by Crippen LogP contribution is -2.48. The summed E-state index contributed by atoms with van der Waals surface area (Å²) in [7, 11) is 2.96. The van der Waals surface area contributed by atoms with Crippen molar-refractivity contribution in [2.24, 2.45) is 0 Å². The van der Waals surface area contributed by atoms with Crippen molar-refractivity contribution in [2.45, 2.75) is 38.3 Å². The van der Waals surface area contributed by atoms with E-state index in [1.165, 1.54) is 69.2 Å². The normalized spacial score (nSPS) is 11.3. The summed E-state index contributed by atoms with van der Waals surface area (Å²) in [5, 5.41) is 13.9. The van der Waals surface area contributed by atoms with Gasteiger partial charge in [-0.25, -0.2) is 0 Å². The van der Waals surface area contributed by atoms with Crippen molar-refractivity contribution < 1.29 is 56.3 Å². The number of anilines is 1. The number of alkyl halides is 3. The van der Waals surface area contributed by atoms with Gasteiger partial charge in [0.15, 0.2) is 0 Å². The molecule has 1 aromatic heterocycles. The number of benzene rings is 3. The van der Waals surface area contributed by atoms with Crippen LogP contribution in [0, 0.1) is 10.1 Å². The SMILES string of the molecule is CCOC(=O)C(CCOC(=O)Cc1ccc(NC(=O)c2ccccc2-c2ccc(C(F)(F)F)cc2)c(C(=O)N(C)C)c1)(C(=O)OCC)c1ccc([N+](=O)[O-])cn1. The smallest absolute Gasteiger partial charge is 0.416 e. The lowest BCUT2D eigenvalue weighted by atomic mass is 9.80. The topological polar surface area (TPSA) is 184 Å². The third-order valence-corrected chi connectivity index (χ3v) is 8.40. The summed E-state index contributed by atoms with van der Waals surface area (Å²) in [6.45, 7) is 2.22. The molecule has 3 aromatic carbocycles. The van der Waals surface area contributed by atoms with E-state index in [-0.39, 0.29) is 42.1 Å². The van der Waals surface area contributed by atoms with Crippen molar-refractivity contribution in [2.75, 3.05) is 39.2 Å². The number of hydrogen-bond acceptors (Lipinski definition) is 11. The molecule has 0 saturated heterocycles. The van der Waals surface area contributed by atoms with Crippen LogP contribution in [-0.4, -0.2) is 78.4 Å². The fraction of sp³-hybridized carbons (Fsp3) is 0.282. The molecule has 4 rings (SSSR count). The van der Waals surface area contributed by atoms with E-state index in [0.29, 0.717) is 16.7 Å². The lowest BCUT2D eigenvalue weighted by molar-refractivity contribution is -0.385. The van der Waals surface area contributed by atoms with Gasteiger partial charge in [-0.15, -0.1) is 0 Å². The lowest BCUT2D eigenvalue weighted by Gasteiger charge is -2.28. The first-order chi connectivity index (χ1) is 26.5. The highest BCUT2D eigenvalue weighted by atomic mass is 19.4. The summed E-state index contributed by atoms with van der Waals surface area (Å²) in [5.41, 5.74) is -2.50. The zero-order valence-corrected chi connectivity index (χ0v) is 30.7. The number of aromatic nitrogens is 1. The first-order valence-corrected chi connectivity index (χ1v) is 17.1. The minimum absolute atomic E-state index is 0.00791.